The third kappa shape index (κ3) is 5.78. The summed E-state index contributed by atoms with van der Waals surface area (Å²) in [5, 5.41) is 2.64. The summed E-state index contributed by atoms with van der Waals surface area (Å²) in [5.41, 5.74) is 4.37. The van der Waals surface area contributed by atoms with Crippen LogP contribution in [0.1, 0.15) is 54.5 Å². The minimum atomic E-state index is -3.77. The van der Waals surface area contributed by atoms with Gasteiger partial charge >= 0.3 is 5.97 Å². The number of benzene rings is 1. The molecule has 1 rings (SSSR count). The first kappa shape index (κ1) is 24.1. The lowest BCUT2D eigenvalue weighted by Gasteiger charge is -2.19. The van der Waals surface area contributed by atoms with Crippen LogP contribution >= 0.6 is 0 Å². The second kappa shape index (κ2) is 10.0. The van der Waals surface area contributed by atoms with E-state index < -0.39 is 22.1 Å². The summed E-state index contributed by atoms with van der Waals surface area (Å²) in [6.45, 7) is 13.2. The molecule has 0 spiro atoms. The second-order valence-electron chi connectivity index (χ2n) is 7.03. The van der Waals surface area contributed by atoms with E-state index in [1.807, 2.05) is 27.7 Å². The first-order valence-electron chi connectivity index (χ1n) is 9.47. The number of rotatable bonds is 9. The van der Waals surface area contributed by atoms with Crippen molar-refractivity contribution >= 4 is 21.9 Å². The SMILES string of the molecule is CCCNC(=O)C(C)OC(=O)CCNS(=O)(=O)c1c(C)c(C)c(C)c(C)c1C. The molecule has 0 aliphatic carbocycles. The number of sulfonamides is 1. The zero-order chi connectivity index (χ0) is 21.6. The van der Waals surface area contributed by atoms with Gasteiger partial charge in [0.25, 0.3) is 5.91 Å². The van der Waals surface area contributed by atoms with Crippen LogP contribution in [0.2, 0.25) is 0 Å². The molecule has 1 aromatic rings. The minimum Gasteiger partial charge on any atom is -0.453 e. The number of carbonyl (C=O) groups excluding carboxylic acids is 2. The number of amides is 1. The molecule has 1 atom stereocenters. The third-order valence-corrected chi connectivity index (χ3v) is 6.78. The Bertz CT molecular complexity index is 818. The van der Waals surface area contributed by atoms with Crippen molar-refractivity contribution in [3.63, 3.8) is 0 Å². The van der Waals surface area contributed by atoms with E-state index in [-0.39, 0.29) is 23.8 Å². The molecular weight excluding hydrogens is 380 g/mol. The summed E-state index contributed by atoms with van der Waals surface area (Å²) in [5.74, 6) is -1.00. The van der Waals surface area contributed by atoms with Gasteiger partial charge in [-0.15, -0.1) is 0 Å². The Labute approximate surface area is 168 Å². The zero-order valence-electron chi connectivity index (χ0n) is 17.9. The summed E-state index contributed by atoms with van der Waals surface area (Å²) in [7, 11) is -3.77. The van der Waals surface area contributed by atoms with Crippen molar-refractivity contribution in [2.24, 2.45) is 0 Å². The van der Waals surface area contributed by atoms with Gasteiger partial charge in [-0.25, -0.2) is 13.1 Å². The minimum absolute atomic E-state index is 0.102. The van der Waals surface area contributed by atoms with E-state index in [0.29, 0.717) is 17.7 Å². The van der Waals surface area contributed by atoms with E-state index in [1.54, 1.807) is 13.8 Å². The van der Waals surface area contributed by atoms with Crippen LogP contribution in [-0.4, -0.2) is 39.5 Å². The van der Waals surface area contributed by atoms with E-state index in [4.69, 9.17) is 4.74 Å². The van der Waals surface area contributed by atoms with Gasteiger partial charge in [0.1, 0.15) is 0 Å². The number of carbonyl (C=O) groups is 2. The topological polar surface area (TPSA) is 102 Å². The van der Waals surface area contributed by atoms with Crippen LogP contribution in [-0.2, 0) is 24.3 Å². The number of ether oxygens (including phenoxy) is 1. The Morgan fingerprint density at radius 2 is 1.43 bits per heavy atom. The fourth-order valence-electron chi connectivity index (χ4n) is 2.93. The molecule has 8 heteroatoms. The number of hydrogen-bond donors (Lipinski definition) is 2. The molecule has 0 saturated carbocycles. The predicted octanol–water partition coefficient (Wildman–Crippen LogP) is 2.36. The highest BCUT2D eigenvalue weighted by Crippen LogP contribution is 2.29. The molecule has 0 aliphatic heterocycles. The zero-order valence-corrected chi connectivity index (χ0v) is 18.7. The standard InChI is InChI=1S/C20H32N2O5S/c1-8-10-21-20(24)17(7)27-18(23)9-11-22-28(25,26)19-15(5)13(3)12(2)14(4)16(19)6/h17,22H,8-11H2,1-7H3,(H,21,24). The van der Waals surface area contributed by atoms with Gasteiger partial charge in [-0.1, -0.05) is 6.92 Å². The van der Waals surface area contributed by atoms with Crippen LogP contribution in [0.25, 0.3) is 0 Å². The lowest BCUT2D eigenvalue weighted by Crippen LogP contribution is -2.36. The molecule has 0 saturated heterocycles. The smallest absolute Gasteiger partial charge is 0.307 e. The van der Waals surface area contributed by atoms with Crippen LogP contribution in [0.15, 0.2) is 4.90 Å². The van der Waals surface area contributed by atoms with E-state index in [1.165, 1.54) is 6.92 Å². The first-order chi connectivity index (χ1) is 12.9. The van der Waals surface area contributed by atoms with Crippen molar-refractivity contribution in [3.05, 3.63) is 27.8 Å². The van der Waals surface area contributed by atoms with Gasteiger partial charge in [0.15, 0.2) is 6.10 Å². The molecule has 158 valence electrons. The third-order valence-electron chi connectivity index (χ3n) is 5.05. The fraction of sp³-hybridized carbons (Fsp3) is 0.600. The predicted molar refractivity (Wildman–Crippen MR) is 109 cm³/mol. The van der Waals surface area contributed by atoms with Gasteiger partial charge in [0, 0.05) is 13.1 Å². The van der Waals surface area contributed by atoms with Gasteiger partial charge in [-0.2, -0.15) is 0 Å². The van der Waals surface area contributed by atoms with Crippen molar-refractivity contribution in [2.75, 3.05) is 13.1 Å². The maximum Gasteiger partial charge on any atom is 0.307 e. The van der Waals surface area contributed by atoms with Gasteiger partial charge in [-0.3, -0.25) is 9.59 Å². The summed E-state index contributed by atoms with van der Waals surface area (Å²) in [4.78, 5) is 23.9. The normalized spacial score (nSPS) is 12.5. The largest absolute Gasteiger partial charge is 0.453 e. The monoisotopic (exact) mass is 412 g/mol. The van der Waals surface area contributed by atoms with Crippen LogP contribution < -0.4 is 10.0 Å². The average molecular weight is 413 g/mol. The van der Waals surface area contributed by atoms with Crippen molar-refractivity contribution in [1.29, 1.82) is 0 Å². The van der Waals surface area contributed by atoms with Gasteiger partial charge in [0.2, 0.25) is 10.0 Å². The van der Waals surface area contributed by atoms with E-state index in [2.05, 4.69) is 10.0 Å². The highest BCUT2D eigenvalue weighted by Gasteiger charge is 2.24. The lowest BCUT2D eigenvalue weighted by molar-refractivity contribution is -0.154. The molecule has 0 radical (unpaired) electrons. The van der Waals surface area contributed by atoms with Gasteiger partial charge in [0.05, 0.1) is 11.3 Å². The van der Waals surface area contributed by atoms with Crippen molar-refractivity contribution in [1.82, 2.24) is 10.0 Å². The van der Waals surface area contributed by atoms with E-state index >= 15 is 0 Å². The summed E-state index contributed by atoms with van der Waals surface area (Å²) in [6, 6.07) is 0. The quantitative estimate of drug-likeness (QED) is 0.606. The van der Waals surface area contributed by atoms with Crippen LogP contribution in [0.5, 0.6) is 0 Å². The summed E-state index contributed by atoms with van der Waals surface area (Å²) < 4.78 is 33.1. The van der Waals surface area contributed by atoms with Gasteiger partial charge < -0.3 is 10.1 Å². The Morgan fingerprint density at radius 3 is 1.93 bits per heavy atom. The number of nitrogens with one attached hydrogen (secondary N) is 2. The Balaban J connectivity index is 2.76. The maximum atomic E-state index is 12.8. The molecule has 0 aliphatic rings. The van der Waals surface area contributed by atoms with Crippen molar-refractivity contribution in [2.45, 2.75) is 72.3 Å². The van der Waals surface area contributed by atoms with E-state index in [0.717, 1.165) is 23.1 Å². The molecule has 0 bridgehead atoms. The number of hydrogen-bond acceptors (Lipinski definition) is 5. The summed E-state index contributed by atoms with van der Waals surface area (Å²) >= 11 is 0. The van der Waals surface area contributed by atoms with Crippen LogP contribution in [0.3, 0.4) is 0 Å². The number of esters is 1. The molecule has 2 N–H and O–H groups in total. The first-order valence-corrected chi connectivity index (χ1v) is 11.0. The molecular formula is C20H32N2O5S. The van der Waals surface area contributed by atoms with Crippen molar-refractivity contribution < 1.29 is 22.7 Å². The molecule has 0 heterocycles. The molecule has 0 aromatic heterocycles. The van der Waals surface area contributed by atoms with E-state index in [9.17, 15) is 18.0 Å². The van der Waals surface area contributed by atoms with Crippen LogP contribution in [0.4, 0.5) is 0 Å². The highest BCUT2D eigenvalue weighted by atomic mass is 32.2. The van der Waals surface area contributed by atoms with Crippen molar-refractivity contribution in [3.8, 4) is 0 Å². The molecule has 1 unspecified atom stereocenters. The fourth-order valence-corrected chi connectivity index (χ4v) is 4.56. The highest BCUT2D eigenvalue weighted by molar-refractivity contribution is 7.89. The summed E-state index contributed by atoms with van der Waals surface area (Å²) in [6.07, 6.45) is -0.292. The Hall–Kier alpha value is -1.93. The maximum absolute atomic E-state index is 12.8. The molecule has 0 fully saturated rings. The molecule has 7 nitrogen and oxygen atoms in total. The van der Waals surface area contributed by atoms with Crippen LogP contribution in [0, 0.1) is 34.6 Å². The molecule has 1 aromatic carbocycles. The Kier molecular flexibility index (Phi) is 8.63. The average Bonchev–Trinajstić information content (AvgIpc) is 2.62. The molecule has 28 heavy (non-hydrogen) atoms. The Morgan fingerprint density at radius 1 is 0.929 bits per heavy atom. The molecule has 1 amide bonds. The van der Waals surface area contributed by atoms with Gasteiger partial charge in [-0.05, 0) is 75.8 Å². The second-order valence-corrected chi connectivity index (χ2v) is 8.73. The lowest BCUT2D eigenvalue weighted by atomic mass is 9.95.